The first-order valence-electron chi connectivity index (χ1n) is 6.45. The van der Waals surface area contributed by atoms with Crippen molar-refractivity contribution in [2.75, 3.05) is 0 Å². The number of aromatic amines is 1. The van der Waals surface area contributed by atoms with Gasteiger partial charge in [0.25, 0.3) is 5.91 Å². The average molecular weight is 275 g/mol. The van der Waals surface area contributed by atoms with Crippen LogP contribution in [0.25, 0.3) is 0 Å². The van der Waals surface area contributed by atoms with E-state index in [4.69, 9.17) is 0 Å². The SMILES string of the molecule is CC(C)(C)c1cc(C(=O)NCc2ccccc2F)n[nH]1. The standard InChI is InChI=1S/C15H18FN3O/c1-15(2,3)13-8-12(18-19-13)14(20)17-9-10-6-4-5-7-11(10)16/h4-8H,9H2,1-3H3,(H,17,20)(H,18,19). The second-order valence-corrected chi connectivity index (χ2v) is 5.69. The van der Waals surface area contributed by atoms with E-state index >= 15 is 0 Å². The molecule has 0 aliphatic rings. The lowest BCUT2D eigenvalue weighted by Crippen LogP contribution is -2.23. The molecule has 0 bridgehead atoms. The molecule has 0 atom stereocenters. The Labute approximate surface area is 117 Å². The van der Waals surface area contributed by atoms with Crippen molar-refractivity contribution >= 4 is 5.91 Å². The van der Waals surface area contributed by atoms with Crippen molar-refractivity contribution < 1.29 is 9.18 Å². The Morgan fingerprint density at radius 1 is 1.35 bits per heavy atom. The zero-order chi connectivity index (χ0) is 14.8. The van der Waals surface area contributed by atoms with Crippen LogP contribution in [0.4, 0.5) is 4.39 Å². The van der Waals surface area contributed by atoms with Gasteiger partial charge in [-0.25, -0.2) is 4.39 Å². The number of carbonyl (C=O) groups is 1. The summed E-state index contributed by atoms with van der Waals surface area (Å²) in [5.74, 6) is -0.648. The number of amides is 1. The summed E-state index contributed by atoms with van der Waals surface area (Å²) in [6, 6.07) is 8.08. The van der Waals surface area contributed by atoms with Gasteiger partial charge in [0.05, 0.1) is 0 Å². The Kier molecular flexibility index (Phi) is 3.88. The number of carbonyl (C=O) groups excluding carboxylic acids is 1. The molecule has 0 aliphatic carbocycles. The summed E-state index contributed by atoms with van der Waals surface area (Å²) in [7, 11) is 0. The Hall–Kier alpha value is -2.17. The van der Waals surface area contributed by atoms with Crippen molar-refractivity contribution in [1.29, 1.82) is 0 Å². The number of hydrogen-bond acceptors (Lipinski definition) is 2. The molecule has 2 N–H and O–H groups in total. The van der Waals surface area contributed by atoms with Gasteiger partial charge in [0.2, 0.25) is 0 Å². The highest BCUT2D eigenvalue weighted by atomic mass is 19.1. The summed E-state index contributed by atoms with van der Waals surface area (Å²) in [6.07, 6.45) is 0. The Balaban J connectivity index is 2.02. The van der Waals surface area contributed by atoms with E-state index in [1.807, 2.05) is 20.8 Å². The number of nitrogens with zero attached hydrogens (tertiary/aromatic N) is 1. The first-order chi connectivity index (χ1) is 9.38. The molecule has 0 aliphatic heterocycles. The van der Waals surface area contributed by atoms with Gasteiger partial charge in [-0.3, -0.25) is 9.89 Å². The lowest BCUT2D eigenvalue weighted by atomic mass is 9.92. The second-order valence-electron chi connectivity index (χ2n) is 5.69. The van der Waals surface area contributed by atoms with E-state index in [2.05, 4.69) is 15.5 Å². The van der Waals surface area contributed by atoms with Gasteiger partial charge in [-0.1, -0.05) is 39.0 Å². The van der Waals surface area contributed by atoms with E-state index in [0.717, 1.165) is 5.69 Å². The Morgan fingerprint density at radius 3 is 2.65 bits per heavy atom. The van der Waals surface area contributed by atoms with Gasteiger partial charge in [0.1, 0.15) is 11.5 Å². The highest BCUT2D eigenvalue weighted by molar-refractivity contribution is 5.92. The molecule has 4 nitrogen and oxygen atoms in total. The molecule has 106 valence electrons. The molecular weight excluding hydrogens is 257 g/mol. The summed E-state index contributed by atoms with van der Waals surface area (Å²) >= 11 is 0. The third kappa shape index (κ3) is 3.23. The molecule has 2 rings (SSSR count). The molecule has 0 spiro atoms. The predicted octanol–water partition coefficient (Wildman–Crippen LogP) is 2.78. The molecule has 0 unspecified atom stereocenters. The fraction of sp³-hybridized carbons (Fsp3) is 0.333. The molecular formula is C15H18FN3O. The topological polar surface area (TPSA) is 57.8 Å². The van der Waals surface area contributed by atoms with Crippen LogP contribution >= 0.6 is 0 Å². The Morgan fingerprint density at radius 2 is 2.05 bits per heavy atom. The molecule has 1 aromatic carbocycles. The van der Waals surface area contributed by atoms with Gasteiger partial charge >= 0.3 is 0 Å². The number of aromatic nitrogens is 2. The number of hydrogen-bond donors (Lipinski definition) is 2. The minimum atomic E-state index is -0.329. The van der Waals surface area contributed by atoms with Crippen LogP contribution < -0.4 is 5.32 Å². The Bertz CT molecular complexity index is 614. The van der Waals surface area contributed by atoms with Crippen molar-refractivity contribution in [3.8, 4) is 0 Å². The number of H-pyrrole nitrogens is 1. The fourth-order valence-electron chi connectivity index (χ4n) is 1.73. The van der Waals surface area contributed by atoms with Gasteiger partial charge in [-0.05, 0) is 12.1 Å². The molecule has 20 heavy (non-hydrogen) atoms. The minimum Gasteiger partial charge on any atom is -0.346 e. The summed E-state index contributed by atoms with van der Waals surface area (Å²) in [5, 5.41) is 9.50. The smallest absolute Gasteiger partial charge is 0.272 e. The minimum absolute atomic E-state index is 0.100. The van der Waals surface area contributed by atoms with Crippen LogP contribution in [0, 0.1) is 5.82 Å². The van der Waals surface area contributed by atoms with Crippen molar-refractivity contribution in [2.45, 2.75) is 32.7 Å². The lowest BCUT2D eigenvalue weighted by molar-refractivity contribution is 0.0945. The van der Waals surface area contributed by atoms with E-state index in [-0.39, 0.29) is 23.7 Å². The van der Waals surface area contributed by atoms with E-state index < -0.39 is 0 Å². The molecule has 1 heterocycles. The third-order valence-corrected chi connectivity index (χ3v) is 3.02. The summed E-state index contributed by atoms with van der Waals surface area (Å²) in [4.78, 5) is 12.0. The zero-order valence-corrected chi connectivity index (χ0v) is 11.8. The predicted molar refractivity (Wildman–Crippen MR) is 74.9 cm³/mol. The average Bonchev–Trinajstić information content (AvgIpc) is 2.87. The van der Waals surface area contributed by atoms with Crippen molar-refractivity contribution in [2.24, 2.45) is 0 Å². The molecule has 5 heteroatoms. The van der Waals surface area contributed by atoms with Crippen LogP contribution in [-0.2, 0) is 12.0 Å². The number of nitrogens with one attached hydrogen (secondary N) is 2. The maximum atomic E-state index is 13.4. The second kappa shape index (κ2) is 5.45. The van der Waals surface area contributed by atoms with Crippen LogP contribution in [0.1, 0.15) is 42.5 Å². The summed E-state index contributed by atoms with van der Waals surface area (Å²) in [5.41, 5.74) is 1.55. The van der Waals surface area contributed by atoms with E-state index in [0.29, 0.717) is 11.3 Å². The van der Waals surface area contributed by atoms with Crippen LogP contribution in [0.15, 0.2) is 30.3 Å². The maximum Gasteiger partial charge on any atom is 0.272 e. The van der Waals surface area contributed by atoms with Crippen LogP contribution in [0.2, 0.25) is 0 Å². The number of rotatable bonds is 3. The van der Waals surface area contributed by atoms with Crippen LogP contribution in [0.5, 0.6) is 0 Å². The highest BCUT2D eigenvalue weighted by Crippen LogP contribution is 2.20. The largest absolute Gasteiger partial charge is 0.346 e. The zero-order valence-electron chi connectivity index (χ0n) is 11.8. The lowest BCUT2D eigenvalue weighted by Gasteiger charge is -2.14. The summed E-state index contributed by atoms with van der Waals surface area (Å²) in [6.45, 7) is 6.23. The first-order valence-corrected chi connectivity index (χ1v) is 6.45. The quantitative estimate of drug-likeness (QED) is 0.905. The number of benzene rings is 1. The van der Waals surface area contributed by atoms with Crippen LogP contribution in [0.3, 0.4) is 0 Å². The van der Waals surface area contributed by atoms with E-state index in [9.17, 15) is 9.18 Å². The molecule has 1 amide bonds. The van der Waals surface area contributed by atoms with Gasteiger partial charge in [0.15, 0.2) is 0 Å². The normalized spacial score (nSPS) is 11.4. The molecule has 0 fully saturated rings. The fourth-order valence-corrected chi connectivity index (χ4v) is 1.73. The monoisotopic (exact) mass is 275 g/mol. The molecule has 0 saturated carbocycles. The van der Waals surface area contributed by atoms with E-state index in [1.165, 1.54) is 6.07 Å². The molecule has 2 aromatic rings. The van der Waals surface area contributed by atoms with Crippen molar-refractivity contribution in [3.05, 3.63) is 53.1 Å². The number of halogens is 1. The first kappa shape index (κ1) is 14.2. The van der Waals surface area contributed by atoms with Gasteiger partial charge in [0, 0.05) is 23.2 Å². The van der Waals surface area contributed by atoms with Gasteiger partial charge < -0.3 is 5.32 Å². The van der Waals surface area contributed by atoms with Crippen molar-refractivity contribution in [3.63, 3.8) is 0 Å². The van der Waals surface area contributed by atoms with Crippen molar-refractivity contribution in [1.82, 2.24) is 15.5 Å². The maximum absolute atomic E-state index is 13.4. The molecule has 0 saturated heterocycles. The molecule has 1 aromatic heterocycles. The van der Waals surface area contributed by atoms with Gasteiger partial charge in [-0.2, -0.15) is 5.10 Å². The van der Waals surface area contributed by atoms with E-state index in [1.54, 1.807) is 24.3 Å². The molecule has 0 radical (unpaired) electrons. The third-order valence-electron chi connectivity index (χ3n) is 3.02. The van der Waals surface area contributed by atoms with Gasteiger partial charge in [-0.15, -0.1) is 0 Å². The van der Waals surface area contributed by atoms with Crippen LogP contribution in [-0.4, -0.2) is 16.1 Å². The highest BCUT2D eigenvalue weighted by Gasteiger charge is 2.19. The summed E-state index contributed by atoms with van der Waals surface area (Å²) < 4.78 is 13.4.